The molecule has 1 aromatic heterocycles. The van der Waals surface area contributed by atoms with Crippen LogP contribution in [-0.4, -0.2) is 55.3 Å². The lowest BCUT2D eigenvalue weighted by Crippen LogP contribution is -2.42. The summed E-state index contributed by atoms with van der Waals surface area (Å²) in [4.78, 5) is 18.0. The summed E-state index contributed by atoms with van der Waals surface area (Å²) >= 11 is 0. The Bertz CT molecular complexity index is 524. The lowest BCUT2D eigenvalue weighted by atomic mass is 9.97. The van der Waals surface area contributed by atoms with Crippen molar-refractivity contribution in [3.63, 3.8) is 0 Å². The van der Waals surface area contributed by atoms with E-state index >= 15 is 0 Å². The van der Waals surface area contributed by atoms with E-state index in [0.29, 0.717) is 24.6 Å². The molecular weight excluding hydrogens is 347 g/mol. The van der Waals surface area contributed by atoms with E-state index in [0.717, 1.165) is 19.4 Å². The quantitative estimate of drug-likeness (QED) is 0.869. The predicted octanol–water partition coefficient (Wildman–Crippen LogP) is 2.52. The first-order valence-electron chi connectivity index (χ1n) is 7.48. The van der Waals surface area contributed by atoms with Gasteiger partial charge in [-0.3, -0.25) is 4.79 Å². The molecule has 0 aromatic carbocycles. The summed E-state index contributed by atoms with van der Waals surface area (Å²) in [6.07, 6.45) is -1.13. The van der Waals surface area contributed by atoms with Crippen LogP contribution >= 0.6 is 12.4 Å². The Morgan fingerprint density at radius 2 is 2.21 bits per heavy atom. The molecular formula is C15H21ClF3N3O2. The number of piperidine rings is 1. The molecule has 2 rings (SSSR count). The van der Waals surface area contributed by atoms with Gasteiger partial charge in [-0.25, -0.2) is 4.98 Å². The zero-order valence-corrected chi connectivity index (χ0v) is 14.1. The number of likely N-dealkylation sites (tertiary alicyclic amines) is 1. The highest BCUT2D eigenvalue weighted by molar-refractivity contribution is 5.94. The number of hydrogen-bond acceptors (Lipinski definition) is 4. The van der Waals surface area contributed by atoms with Crippen LogP contribution in [0.1, 0.15) is 23.2 Å². The fourth-order valence-electron chi connectivity index (χ4n) is 2.64. The van der Waals surface area contributed by atoms with Gasteiger partial charge >= 0.3 is 6.18 Å². The Hall–Kier alpha value is -1.54. The number of rotatable bonds is 5. The average Bonchev–Trinajstić information content (AvgIpc) is 2.53. The van der Waals surface area contributed by atoms with Gasteiger partial charge < -0.3 is 15.0 Å². The summed E-state index contributed by atoms with van der Waals surface area (Å²) in [6.45, 7) is 0.814. The molecule has 1 saturated heterocycles. The molecule has 1 aliphatic heterocycles. The van der Waals surface area contributed by atoms with Crippen LogP contribution in [0, 0.1) is 5.92 Å². The zero-order chi connectivity index (χ0) is 16.9. The van der Waals surface area contributed by atoms with Crippen molar-refractivity contribution in [1.82, 2.24) is 15.2 Å². The first kappa shape index (κ1) is 20.5. The molecule has 1 aliphatic rings. The van der Waals surface area contributed by atoms with Crippen LogP contribution in [0.2, 0.25) is 0 Å². The molecule has 1 unspecified atom stereocenters. The molecule has 136 valence electrons. The number of ether oxygens (including phenoxy) is 1. The van der Waals surface area contributed by atoms with Crippen molar-refractivity contribution in [2.45, 2.75) is 19.0 Å². The molecule has 9 heteroatoms. The third-order valence-electron chi connectivity index (χ3n) is 3.67. The van der Waals surface area contributed by atoms with Gasteiger partial charge in [0.15, 0.2) is 6.61 Å². The molecule has 1 fully saturated rings. The van der Waals surface area contributed by atoms with Gasteiger partial charge in [-0.15, -0.1) is 12.4 Å². The van der Waals surface area contributed by atoms with E-state index < -0.39 is 12.8 Å². The summed E-state index contributed by atoms with van der Waals surface area (Å²) in [5, 5.41) is 3.11. The number of halogens is 4. The van der Waals surface area contributed by atoms with Crippen LogP contribution in [0.5, 0.6) is 5.88 Å². The number of carbonyl (C=O) groups is 1. The molecule has 0 bridgehead atoms. The Morgan fingerprint density at radius 1 is 1.46 bits per heavy atom. The van der Waals surface area contributed by atoms with Crippen molar-refractivity contribution in [3.05, 3.63) is 23.9 Å². The molecule has 0 saturated carbocycles. The van der Waals surface area contributed by atoms with E-state index in [-0.39, 0.29) is 24.2 Å². The molecule has 1 N–H and O–H groups in total. The van der Waals surface area contributed by atoms with Crippen LogP contribution < -0.4 is 10.1 Å². The Morgan fingerprint density at radius 3 is 2.79 bits per heavy atom. The largest absolute Gasteiger partial charge is 0.468 e. The number of aromatic nitrogens is 1. The van der Waals surface area contributed by atoms with E-state index in [1.54, 1.807) is 4.90 Å². The molecule has 1 atom stereocenters. The van der Waals surface area contributed by atoms with E-state index in [2.05, 4.69) is 15.0 Å². The number of hydrogen-bond donors (Lipinski definition) is 1. The number of pyridine rings is 1. The first-order chi connectivity index (χ1) is 10.9. The summed E-state index contributed by atoms with van der Waals surface area (Å²) in [5.74, 6) is 0.117. The number of alkyl halides is 3. The van der Waals surface area contributed by atoms with Crippen molar-refractivity contribution in [3.8, 4) is 5.88 Å². The minimum absolute atomic E-state index is 0. The molecule has 1 aromatic rings. The van der Waals surface area contributed by atoms with Crippen LogP contribution in [0.3, 0.4) is 0 Å². The molecule has 0 aliphatic carbocycles. The molecule has 0 spiro atoms. The van der Waals surface area contributed by atoms with Gasteiger partial charge in [-0.05, 0) is 38.4 Å². The number of carbonyl (C=O) groups excluding carboxylic acids is 1. The van der Waals surface area contributed by atoms with Gasteiger partial charge in [0.25, 0.3) is 5.91 Å². The monoisotopic (exact) mass is 367 g/mol. The fraction of sp³-hybridized carbons (Fsp3) is 0.600. The fourth-order valence-corrected chi connectivity index (χ4v) is 2.64. The second kappa shape index (κ2) is 9.08. The molecule has 0 radical (unpaired) electrons. The second-order valence-electron chi connectivity index (χ2n) is 5.61. The van der Waals surface area contributed by atoms with Crippen molar-refractivity contribution in [2.75, 3.05) is 33.3 Å². The topological polar surface area (TPSA) is 54.5 Å². The van der Waals surface area contributed by atoms with Crippen LogP contribution in [0.15, 0.2) is 18.3 Å². The molecule has 1 amide bonds. The van der Waals surface area contributed by atoms with Gasteiger partial charge in [0.2, 0.25) is 5.88 Å². The van der Waals surface area contributed by atoms with Gasteiger partial charge in [-0.2, -0.15) is 13.2 Å². The van der Waals surface area contributed by atoms with E-state index in [9.17, 15) is 18.0 Å². The van der Waals surface area contributed by atoms with Gasteiger partial charge in [0.05, 0.1) is 5.56 Å². The second-order valence-corrected chi connectivity index (χ2v) is 5.61. The normalized spacial score (nSPS) is 18.0. The summed E-state index contributed by atoms with van der Waals surface area (Å²) < 4.78 is 40.7. The minimum atomic E-state index is -4.41. The summed E-state index contributed by atoms with van der Waals surface area (Å²) in [6, 6.07) is 2.73. The van der Waals surface area contributed by atoms with Crippen molar-refractivity contribution in [1.29, 1.82) is 0 Å². The van der Waals surface area contributed by atoms with E-state index in [1.807, 2.05) is 7.05 Å². The average molecular weight is 368 g/mol. The van der Waals surface area contributed by atoms with Crippen molar-refractivity contribution in [2.24, 2.45) is 5.92 Å². The number of amides is 1. The third-order valence-corrected chi connectivity index (χ3v) is 3.67. The van der Waals surface area contributed by atoms with Gasteiger partial charge in [0, 0.05) is 25.4 Å². The highest BCUT2D eigenvalue weighted by atomic mass is 35.5. The maximum Gasteiger partial charge on any atom is 0.422 e. The summed E-state index contributed by atoms with van der Waals surface area (Å²) in [7, 11) is 1.88. The Kier molecular flexibility index (Phi) is 7.75. The molecule has 5 nitrogen and oxygen atoms in total. The van der Waals surface area contributed by atoms with Crippen LogP contribution in [-0.2, 0) is 0 Å². The van der Waals surface area contributed by atoms with Crippen molar-refractivity contribution >= 4 is 18.3 Å². The number of nitrogens with one attached hydrogen (secondary N) is 1. The highest BCUT2D eigenvalue weighted by Gasteiger charge is 2.29. The zero-order valence-electron chi connectivity index (χ0n) is 13.3. The standard InChI is InChI=1S/C15H20F3N3O2.ClH/c1-19-7-11-3-2-6-21(9-11)14(22)12-4-5-13(20-8-12)23-10-15(16,17)18;/h4-5,8,11,19H,2-3,6-7,9-10H2,1H3;1H. The smallest absolute Gasteiger partial charge is 0.422 e. The Labute approximate surface area is 145 Å². The molecule has 24 heavy (non-hydrogen) atoms. The maximum atomic E-state index is 12.4. The lowest BCUT2D eigenvalue weighted by Gasteiger charge is -2.32. The van der Waals surface area contributed by atoms with Gasteiger partial charge in [-0.1, -0.05) is 0 Å². The van der Waals surface area contributed by atoms with Crippen LogP contribution in [0.4, 0.5) is 13.2 Å². The highest BCUT2D eigenvalue weighted by Crippen LogP contribution is 2.20. The third kappa shape index (κ3) is 6.16. The van der Waals surface area contributed by atoms with E-state index in [1.165, 1.54) is 18.3 Å². The number of nitrogens with zero attached hydrogens (tertiary/aromatic N) is 2. The maximum absolute atomic E-state index is 12.4. The van der Waals surface area contributed by atoms with Gasteiger partial charge in [0.1, 0.15) is 0 Å². The predicted molar refractivity (Wildman–Crippen MR) is 85.6 cm³/mol. The van der Waals surface area contributed by atoms with E-state index in [4.69, 9.17) is 0 Å². The molecule has 2 heterocycles. The van der Waals surface area contributed by atoms with Crippen molar-refractivity contribution < 1.29 is 22.7 Å². The summed E-state index contributed by atoms with van der Waals surface area (Å²) in [5.41, 5.74) is 0.356. The minimum Gasteiger partial charge on any atom is -0.468 e. The Balaban J connectivity index is 0.00000288. The lowest BCUT2D eigenvalue weighted by molar-refractivity contribution is -0.154. The SMILES string of the molecule is CNCC1CCCN(C(=O)c2ccc(OCC(F)(F)F)nc2)C1.Cl. The first-order valence-corrected chi connectivity index (χ1v) is 7.48. The van der Waals surface area contributed by atoms with Crippen LogP contribution in [0.25, 0.3) is 0 Å².